The number of rotatable bonds is 8. The van der Waals surface area contributed by atoms with E-state index in [0.717, 1.165) is 18.8 Å². The van der Waals surface area contributed by atoms with E-state index in [9.17, 15) is 19.5 Å². The van der Waals surface area contributed by atoms with Gasteiger partial charge in [0.15, 0.2) is 0 Å². The van der Waals surface area contributed by atoms with Crippen LogP contribution in [0.4, 0.5) is 11.4 Å². The van der Waals surface area contributed by atoms with E-state index in [0.29, 0.717) is 24.1 Å². The predicted molar refractivity (Wildman–Crippen MR) is 185 cm³/mol. The number of benzene rings is 2. The van der Waals surface area contributed by atoms with Gasteiger partial charge in [-0.15, -0.1) is 0 Å². The monoisotopic (exact) mass is 670 g/mol. The Morgan fingerprint density at radius 3 is 2.39 bits per heavy atom. The molecule has 260 valence electrons. The van der Waals surface area contributed by atoms with Crippen molar-refractivity contribution in [1.29, 1.82) is 0 Å². The summed E-state index contributed by atoms with van der Waals surface area (Å²) < 4.78 is 12.7. The lowest BCUT2D eigenvalue weighted by Crippen LogP contribution is -2.58. The van der Waals surface area contributed by atoms with Gasteiger partial charge >= 0.3 is 5.97 Å². The molecule has 49 heavy (non-hydrogen) atoms. The van der Waals surface area contributed by atoms with Crippen LogP contribution in [0.2, 0.25) is 0 Å². The largest absolute Gasteiger partial charge is 0.455 e. The molecular formula is C38H46N4O7. The fourth-order valence-electron chi connectivity index (χ4n) is 7.79. The van der Waals surface area contributed by atoms with Crippen LogP contribution >= 0.6 is 0 Å². The Morgan fingerprint density at radius 1 is 0.980 bits per heavy atom. The number of ether oxygens (including phenoxy) is 2. The van der Waals surface area contributed by atoms with Crippen LogP contribution in [0.5, 0.6) is 0 Å². The Morgan fingerprint density at radius 2 is 1.71 bits per heavy atom. The van der Waals surface area contributed by atoms with Crippen molar-refractivity contribution in [2.45, 2.75) is 69.9 Å². The summed E-state index contributed by atoms with van der Waals surface area (Å²) >= 11 is 0. The zero-order valence-corrected chi connectivity index (χ0v) is 28.4. The highest BCUT2D eigenvalue weighted by Gasteiger charge is 2.74. The summed E-state index contributed by atoms with van der Waals surface area (Å²) in [6.45, 7) is 7.56. The normalized spacial score (nSPS) is 29.8. The average Bonchev–Trinajstić information content (AvgIpc) is 3.77. The third kappa shape index (κ3) is 6.25. The molecule has 7 atom stereocenters. The molecule has 2 fully saturated rings. The van der Waals surface area contributed by atoms with E-state index in [1.165, 1.54) is 4.90 Å². The van der Waals surface area contributed by atoms with E-state index in [1.54, 1.807) is 17.1 Å². The number of aliphatic hydroxyl groups excluding tert-OH is 1. The number of carbonyl (C=O) groups excluding carboxylic acids is 4. The maximum Gasteiger partial charge on any atom is 0.313 e. The molecule has 0 radical (unpaired) electrons. The van der Waals surface area contributed by atoms with Crippen LogP contribution in [0.15, 0.2) is 78.9 Å². The first-order valence-electron chi connectivity index (χ1n) is 17.4. The van der Waals surface area contributed by atoms with E-state index in [2.05, 4.69) is 24.1 Å². The molecule has 4 heterocycles. The Bertz CT molecular complexity index is 1590. The highest BCUT2D eigenvalue weighted by atomic mass is 16.6. The number of nitrogens with one attached hydrogen (secondary N) is 1. The van der Waals surface area contributed by atoms with Crippen molar-refractivity contribution in [3.63, 3.8) is 0 Å². The molecule has 11 nitrogen and oxygen atoms in total. The minimum atomic E-state index is -1.43. The molecule has 2 aromatic carbocycles. The van der Waals surface area contributed by atoms with Gasteiger partial charge in [0.25, 0.3) is 5.91 Å². The van der Waals surface area contributed by atoms with Gasteiger partial charge in [-0.3, -0.25) is 19.2 Å². The van der Waals surface area contributed by atoms with Gasteiger partial charge in [-0.25, -0.2) is 0 Å². The van der Waals surface area contributed by atoms with Gasteiger partial charge in [-0.2, -0.15) is 0 Å². The number of carbonyl (C=O) groups is 4. The molecule has 2 saturated heterocycles. The number of aliphatic hydroxyl groups is 1. The van der Waals surface area contributed by atoms with Crippen molar-refractivity contribution in [2.24, 2.45) is 11.8 Å². The van der Waals surface area contributed by atoms with Crippen molar-refractivity contribution in [1.82, 2.24) is 10.2 Å². The number of fused-ring (bicyclic) bond motifs is 2. The van der Waals surface area contributed by atoms with Crippen molar-refractivity contribution >= 4 is 35.1 Å². The molecule has 4 aliphatic rings. The van der Waals surface area contributed by atoms with Gasteiger partial charge in [0.05, 0.1) is 31.2 Å². The first-order valence-corrected chi connectivity index (χ1v) is 17.4. The molecular weight excluding hydrogens is 624 g/mol. The van der Waals surface area contributed by atoms with Gasteiger partial charge in [-0.1, -0.05) is 61.6 Å². The number of hydrogen-bond acceptors (Lipinski definition) is 8. The van der Waals surface area contributed by atoms with Crippen molar-refractivity contribution < 1.29 is 33.8 Å². The van der Waals surface area contributed by atoms with E-state index in [-0.39, 0.29) is 37.9 Å². The second-order valence-electron chi connectivity index (χ2n) is 13.0. The summed E-state index contributed by atoms with van der Waals surface area (Å²) in [4.78, 5) is 61.8. The maximum atomic E-state index is 15.0. The van der Waals surface area contributed by atoms with E-state index in [4.69, 9.17) is 9.47 Å². The molecule has 0 saturated carbocycles. The van der Waals surface area contributed by atoms with Crippen LogP contribution in [-0.2, 0) is 28.7 Å². The Hall–Kier alpha value is -4.48. The van der Waals surface area contributed by atoms with Gasteiger partial charge in [0.2, 0.25) is 11.8 Å². The zero-order valence-electron chi connectivity index (χ0n) is 28.4. The molecule has 0 aromatic heterocycles. The van der Waals surface area contributed by atoms with E-state index >= 15 is 4.79 Å². The number of nitrogens with zero attached hydrogens (tertiary/aromatic N) is 3. The molecule has 2 aromatic rings. The quantitative estimate of drug-likeness (QED) is 0.323. The van der Waals surface area contributed by atoms with Crippen LogP contribution in [0.3, 0.4) is 0 Å². The number of allylic oxidation sites excluding steroid dienone is 1. The van der Waals surface area contributed by atoms with Crippen molar-refractivity contribution in [3.8, 4) is 0 Å². The lowest BCUT2D eigenvalue weighted by molar-refractivity contribution is -0.160. The van der Waals surface area contributed by atoms with Crippen LogP contribution in [0.25, 0.3) is 0 Å². The molecule has 1 spiro atoms. The minimum Gasteiger partial charge on any atom is -0.455 e. The lowest BCUT2D eigenvalue weighted by atomic mass is 9.74. The predicted octanol–water partition coefficient (Wildman–Crippen LogP) is 3.54. The first-order chi connectivity index (χ1) is 23.8. The van der Waals surface area contributed by atoms with Crippen LogP contribution in [-0.4, -0.2) is 90.3 Å². The zero-order chi connectivity index (χ0) is 34.7. The molecule has 3 amide bonds. The van der Waals surface area contributed by atoms with Gasteiger partial charge in [0, 0.05) is 37.4 Å². The summed E-state index contributed by atoms with van der Waals surface area (Å²) in [6.07, 6.45) is 6.69. The van der Waals surface area contributed by atoms with E-state index in [1.807, 2.05) is 73.7 Å². The molecule has 11 heteroatoms. The summed E-state index contributed by atoms with van der Waals surface area (Å²) in [6, 6.07) is 15.1. The third-order valence-corrected chi connectivity index (χ3v) is 10.4. The SMILES string of the molecule is CC[C@@H](CO)N1C(=O)[C@@H]2[C@H]3C(=O)O[C@@H](c4ccccc4)CNC(=O)CC/C=C\CN(c4ccc(N(CC)CC)cc4)C(=O)[C@@H]1[C@]21C=C[C@H]3O1. The van der Waals surface area contributed by atoms with Crippen molar-refractivity contribution in [2.75, 3.05) is 42.6 Å². The van der Waals surface area contributed by atoms with Crippen LogP contribution < -0.4 is 15.1 Å². The summed E-state index contributed by atoms with van der Waals surface area (Å²) in [7, 11) is 0. The van der Waals surface area contributed by atoms with E-state index < -0.39 is 53.6 Å². The maximum absolute atomic E-state index is 15.0. The molecule has 5 bridgehead atoms. The minimum absolute atomic E-state index is 0.0586. The Labute approximate surface area is 287 Å². The van der Waals surface area contributed by atoms with Gasteiger partial charge < -0.3 is 34.6 Å². The van der Waals surface area contributed by atoms with Crippen molar-refractivity contribution in [3.05, 3.63) is 84.5 Å². The molecule has 2 N–H and O–H groups in total. The molecule has 6 rings (SSSR count). The summed E-state index contributed by atoms with van der Waals surface area (Å²) in [5.41, 5.74) is 0.915. The number of cyclic esters (lactones) is 1. The molecule has 4 aliphatic heterocycles. The summed E-state index contributed by atoms with van der Waals surface area (Å²) in [5.74, 6) is -3.70. The Kier molecular flexibility index (Phi) is 10.2. The standard InChI is InChI=1S/C38H46N4O7/c1-4-26(24-43)42-34-36(46)41(28-18-16-27(17-19-28)40(5-2)6-3)22-12-8-11-15-31(44)39-23-30(25-13-9-7-10-14-25)48-37(47)32-29-20-21-38(34,49-29)33(32)35(42)45/h7-10,12-14,16-21,26,29-30,32-34,43H,4-6,11,15,22-24H2,1-3H3,(H,39,44)/b12-8-/t26-,29+,30+,32-,33-,34+,38-/m0/s1. The lowest BCUT2D eigenvalue weighted by Gasteiger charge is -2.38. The number of hydrogen-bond donors (Lipinski definition) is 2. The average molecular weight is 671 g/mol. The second-order valence-corrected chi connectivity index (χ2v) is 13.0. The highest BCUT2D eigenvalue weighted by Crippen LogP contribution is 2.56. The third-order valence-electron chi connectivity index (χ3n) is 10.4. The number of amides is 3. The van der Waals surface area contributed by atoms with Gasteiger partial charge in [-0.05, 0) is 56.5 Å². The number of likely N-dealkylation sites (tertiary alicyclic amines) is 1. The van der Waals surface area contributed by atoms with Gasteiger partial charge in [0.1, 0.15) is 23.7 Å². The fraction of sp³-hybridized carbons (Fsp3) is 0.474. The first kappa shape index (κ1) is 34.4. The summed E-state index contributed by atoms with van der Waals surface area (Å²) in [5, 5.41) is 13.4. The number of anilines is 2. The fourth-order valence-corrected chi connectivity index (χ4v) is 7.79. The molecule has 0 unspecified atom stereocenters. The smallest absolute Gasteiger partial charge is 0.313 e. The Balaban J connectivity index is 1.43. The molecule has 0 aliphatic carbocycles. The highest BCUT2D eigenvalue weighted by molar-refractivity contribution is 6.05. The number of esters is 1. The topological polar surface area (TPSA) is 129 Å². The second kappa shape index (κ2) is 14.6. The van der Waals surface area contributed by atoms with Crippen LogP contribution in [0.1, 0.15) is 51.7 Å². The van der Waals surface area contributed by atoms with Crippen LogP contribution in [0, 0.1) is 11.8 Å².